The molecule has 0 spiro atoms. The second kappa shape index (κ2) is 11.0. The van der Waals surface area contributed by atoms with Crippen molar-refractivity contribution in [2.24, 2.45) is 0 Å². The van der Waals surface area contributed by atoms with E-state index in [2.05, 4.69) is 0 Å². The molecule has 0 aliphatic carbocycles. The van der Waals surface area contributed by atoms with Gasteiger partial charge in [-0.05, 0) is 6.92 Å². The highest BCUT2D eigenvalue weighted by atomic mass is 16.8. The number of hydrogen-bond acceptors (Lipinski definition) is 15. The van der Waals surface area contributed by atoms with Crippen molar-refractivity contribution >= 4 is 0 Å². The lowest BCUT2D eigenvalue weighted by molar-refractivity contribution is -0.382. The van der Waals surface area contributed by atoms with Crippen LogP contribution in [0.5, 0.6) is 0 Å². The van der Waals surface area contributed by atoms with Crippen molar-refractivity contribution < 1.29 is 74.7 Å². The van der Waals surface area contributed by atoms with Gasteiger partial charge in [-0.15, -0.1) is 0 Å². The molecule has 15 heteroatoms. The summed E-state index contributed by atoms with van der Waals surface area (Å²) < 4.78 is 26.9. The monoisotopic (exact) mass is 488 g/mol. The molecular formula is C18H32O15. The van der Waals surface area contributed by atoms with Crippen LogP contribution < -0.4 is 0 Å². The van der Waals surface area contributed by atoms with Crippen molar-refractivity contribution in [3.8, 4) is 0 Å². The Labute approximate surface area is 187 Å². The van der Waals surface area contributed by atoms with Gasteiger partial charge in [-0.1, -0.05) is 0 Å². The van der Waals surface area contributed by atoms with Crippen LogP contribution in [0.2, 0.25) is 0 Å². The maximum Gasteiger partial charge on any atom is 0.187 e. The average Bonchev–Trinajstić information content (AvgIpc) is 2.80. The second-order valence-electron chi connectivity index (χ2n) is 8.32. The van der Waals surface area contributed by atoms with Gasteiger partial charge in [-0.2, -0.15) is 0 Å². The van der Waals surface area contributed by atoms with Crippen molar-refractivity contribution in [1.82, 2.24) is 0 Å². The predicted molar refractivity (Wildman–Crippen MR) is 99.8 cm³/mol. The normalized spacial score (nSPS) is 53.7. The van der Waals surface area contributed by atoms with Crippen molar-refractivity contribution in [2.75, 3.05) is 13.2 Å². The van der Waals surface area contributed by atoms with Crippen molar-refractivity contribution in [1.29, 1.82) is 0 Å². The van der Waals surface area contributed by atoms with Crippen LogP contribution in [0.15, 0.2) is 0 Å². The molecular weight excluding hydrogens is 456 g/mol. The van der Waals surface area contributed by atoms with Crippen molar-refractivity contribution in [3.63, 3.8) is 0 Å². The molecule has 0 aromatic carbocycles. The molecule has 3 saturated heterocycles. The number of aliphatic hydroxyl groups is 10. The Morgan fingerprint density at radius 2 is 1.06 bits per heavy atom. The summed E-state index contributed by atoms with van der Waals surface area (Å²) in [5.41, 5.74) is 0. The number of hydrogen-bond donors (Lipinski definition) is 10. The van der Waals surface area contributed by atoms with Gasteiger partial charge < -0.3 is 74.7 Å². The Hall–Kier alpha value is -0.600. The van der Waals surface area contributed by atoms with Crippen LogP contribution >= 0.6 is 0 Å². The van der Waals surface area contributed by atoms with Gasteiger partial charge in [0.25, 0.3) is 0 Å². The summed E-state index contributed by atoms with van der Waals surface area (Å²) in [6.45, 7) is -0.127. The summed E-state index contributed by atoms with van der Waals surface area (Å²) >= 11 is 0. The number of aliphatic hydroxyl groups excluding tert-OH is 10. The molecule has 0 radical (unpaired) electrons. The highest BCUT2D eigenvalue weighted by molar-refractivity contribution is 4.96. The quantitative estimate of drug-likeness (QED) is 0.167. The maximum atomic E-state index is 10.5. The molecule has 0 bridgehead atoms. The van der Waals surface area contributed by atoms with E-state index in [1.165, 1.54) is 6.92 Å². The molecule has 3 aliphatic heterocycles. The zero-order valence-corrected chi connectivity index (χ0v) is 17.6. The van der Waals surface area contributed by atoms with Gasteiger partial charge in [0.2, 0.25) is 0 Å². The molecule has 33 heavy (non-hydrogen) atoms. The van der Waals surface area contributed by atoms with E-state index >= 15 is 0 Å². The van der Waals surface area contributed by atoms with E-state index in [1.54, 1.807) is 0 Å². The lowest BCUT2D eigenvalue weighted by Crippen LogP contribution is -2.66. The lowest BCUT2D eigenvalue weighted by atomic mass is 9.96. The zero-order chi connectivity index (χ0) is 24.6. The first-order valence-electron chi connectivity index (χ1n) is 10.4. The average molecular weight is 488 g/mol. The van der Waals surface area contributed by atoms with Gasteiger partial charge in [0.05, 0.1) is 19.3 Å². The van der Waals surface area contributed by atoms with E-state index in [9.17, 15) is 51.1 Å². The molecule has 3 rings (SSSR count). The fourth-order valence-electron chi connectivity index (χ4n) is 3.99. The fourth-order valence-corrected chi connectivity index (χ4v) is 3.99. The molecule has 194 valence electrons. The molecule has 0 saturated carbocycles. The highest BCUT2D eigenvalue weighted by Crippen LogP contribution is 2.32. The van der Waals surface area contributed by atoms with Crippen molar-refractivity contribution in [2.45, 2.75) is 99.0 Å². The third-order valence-corrected chi connectivity index (χ3v) is 6.05. The summed E-state index contributed by atoms with van der Waals surface area (Å²) in [4.78, 5) is 0. The minimum atomic E-state index is -1.88. The first-order chi connectivity index (χ1) is 15.5. The standard InChI is InChI=1S/C18H32O15/c1-4-7(21)9(23)11(25)17(29-4)33-15-13(27)16(28)30-6(3-20)14(15)32-18-12(26)10(24)8(22)5(2-19)31-18/h4-28H,2-3H2,1H3/t4-,5-,6-,7-,8-,9+,10+,11+,12-,13-,14-,15-,16?,17-,18-/m1/s1. The van der Waals surface area contributed by atoms with Crippen LogP contribution in [0.25, 0.3) is 0 Å². The predicted octanol–water partition coefficient (Wildman–Crippen LogP) is -6.55. The molecule has 0 aromatic heterocycles. The van der Waals surface area contributed by atoms with Crippen LogP contribution in [0.3, 0.4) is 0 Å². The number of rotatable bonds is 6. The van der Waals surface area contributed by atoms with Gasteiger partial charge in [-0.25, -0.2) is 0 Å². The van der Waals surface area contributed by atoms with Crippen LogP contribution in [0.4, 0.5) is 0 Å². The molecule has 3 heterocycles. The van der Waals surface area contributed by atoms with E-state index in [4.69, 9.17) is 23.7 Å². The molecule has 15 nitrogen and oxygen atoms in total. The Kier molecular flexibility index (Phi) is 8.99. The van der Waals surface area contributed by atoms with E-state index in [0.29, 0.717) is 0 Å². The Balaban J connectivity index is 1.83. The smallest absolute Gasteiger partial charge is 0.187 e. The SMILES string of the molecule is C[C@H]1O[C@H](O[C@H]2[C@H](O[C@H]3O[C@H](CO)[C@@H](O)[C@H](O)[C@H]3O)[C@@H](CO)OC(O)[C@@H]2O)[C@@H](O)[C@@H](O)[C@@H]1O. The van der Waals surface area contributed by atoms with E-state index in [-0.39, 0.29) is 0 Å². The van der Waals surface area contributed by atoms with Gasteiger partial charge >= 0.3 is 0 Å². The molecule has 0 aromatic rings. The third-order valence-electron chi connectivity index (χ3n) is 6.05. The lowest BCUT2D eigenvalue weighted by Gasteiger charge is -2.48. The summed E-state index contributed by atoms with van der Waals surface area (Å²) in [6.07, 6.45) is -24.0. The van der Waals surface area contributed by atoms with Crippen molar-refractivity contribution in [3.05, 3.63) is 0 Å². The zero-order valence-electron chi connectivity index (χ0n) is 17.6. The maximum absolute atomic E-state index is 10.5. The van der Waals surface area contributed by atoms with Crippen LogP contribution in [-0.4, -0.2) is 156 Å². The molecule has 15 atom stereocenters. The van der Waals surface area contributed by atoms with Gasteiger partial charge in [0.15, 0.2) is 18.9 Å². The Bertz CT molecular complexity index is 624. The molecule has 3 fully saturated rings. The van der Waals surface area contributed by atoms with Gasteiger partial charge in [-0.3, -0.25) is 0 Å². The topological polar surface area (TPSA) is 248 Å². The number of ether oxygens (including phenoxy) is 5. The Morgan fingerprint density at radius 1 is 0.545 bits per heavy atom. The minimum Gasteiger partial charge on any atom is -0.394 e. The minimum absolute atomic E-state index is 0.739. The van der Waals surface area contributed by atoms with E-state index < -0.39 is 105 Å². The largest absolute Gasteiger partial charge is 0.394 e. The first kappa shape index (κ1) is 27.0. The second-order valence-corrected chi connectivity index (χ2v) is 8.32. The summed E-state index contributed by atoms with van der Waals surface area (Å²) in [5, 5.41) is 99.8. The van der Waals surface area contributed by atoms with E-state index in [0.717, 1.165) is 0 Å². The molecule has 10 N–H and O–H groups in total. The van der Waals surface area contributed by atoms with Crippen LogP contribution in [0, 0.1) is 0 Å². The van der Waals surface area contributed by atoms with Crippen LogP contribution in [-0.2, 0) is 23.7 Å². The highest BCUT2D eigenvalue weighted by Gasteiger charge is 2.53. The molecule has 3 aliphatic rings. The van der Waals surface area contributed by atoms with Gasteiger partial charge in [0.1, 0.15) is 67.1 Å². The fraction of sp³-hybridized carbons (Fsp3) is 1.00. The molecule has 1 unspecified atom stereocenters. The summed E-state index contributed by atoms with van der Waals surface area (Å²) in [5.74, 6) is 0. The first-order valence-corrected chi connectivity index (χ1v) is 10.4. The third kappa shape index (κ3) is 5.32. The van der Waals surface area contributed by atoms with E-state index in [1.807, 2.05) is 0 Å². The van der Waals surface area contributed by atoms with Gasteiger partial charge in [0, 0.05) is 0 Å². The Morgan fingerprint density at radius 3 is 1.64 bits per heavy atom. The van der Waals surface area contributed by atoms with Crippen LogP contribution in [0.1, 0.15) is 6.92 Å². The molecule has 0 amide bonds. The summed E-state index contributed by atoms with van der Waals surface area (Å²) in [7, 11) is 0. The summed E-state index contributed by atoms with van der Waals surface area (Å²) in [6, 6.07) is 0.